The summed E-state index contributed by atoms with van der Waals surface area (Å²) >= 11 is 0. The van der Waals surface area contributed by atoms with Gasteiger partial charge in [0.25, 0.3) is 11.8 Å². The molecule has 2 amide bonds. The Morgan fingerprint density at radius 1 is 1.22 bits per heavy atom. The van der Waals surface area contributed by atoms with Crippen LogP contribution in [0, 0.1) is 12.8 Å². The summed E-state index contributed by atoms with van der Waals surface area (Å²) in [4.78, 5) is 38.4. The van der Waals surface area contributed by atoms with Gasteiger partial charge in [-0.15, -0.1) is 0 Å². The first-order chi connectivity index (χ1) is 17.3. The van der Waals surface area contributed by atoms with Crippen molar-refractivity contribution in [2.45, 2.75) is 32.9 Å². The molecule has 3 aromatic rings. The Morgan fingerprint density at radius 3 is 2.64 bits per heavy atom. The van der Waals surface area contributed by atoms with E-state index < -0.39 is 6.10 Å². The summed E-state index contributed by atoms with van der Waals surface area (Å²) in [5.74, 6) is -0.303. The van der Waals surface area contributed by atoms with Gasteiger partial charge in [0.2, 0.25) is 5.88 Å². The zero-order chi connectivity index (χ0) is 25.8. The number of nitrogens with zero attached hydrogens (tertiary/aromatic N) is 4. The molecule has 0 saturated heterocycles. The van der Waals surface area contributed by atoms with Gasteiger partial charge in [0.1, 0.15) is 11.7 Å². The Kier molecular flexibility index (Phi) is 7.64. The van der Waals surface area contributed by atoms with Gasteiger partial charge in [-0.2, -0.15) is 0 Å². The number of pyridine rings is 2. The summed E-state index contributed by atoms with van der Waals surface area (Å²) in [5, 5.41) is 9.87. The monoisotopic (exact) mass is 488 g/mol. The van der Waals surface area contributed by atoms with Crippen LogP contribution in [0.1, 0.15) is 40.1 Å². The summed E-state index contributed by atoms with van der Waals surface area (Å²) in [6, 6.07) is 12.9. The summed E-state index contributed by atoms with van der Waals surface area (Å²) in [7, 11) is 1.72. The van der Waals surface area contributed by atoms with E-state index in [1.807, 2.05) is 45.0 Å². The highest BCUT2D eigenvalue weighted by atomic mass is 16.5. The van der Waals surface area contributed by atoms with Crippen molar-refractivity contribution in [1.82, 2.24) is 19.8 Å². The molecule has 0 saturated carbocycles. The molecule has 1 aliphatic heterocycles. The molecule has 0 spiro atoms. The molecule has 188 valence electrons. The van der Waals surface area contributed by atoms with Crippen LogP contribution in [-0.4, -0.2) is 75.6 Å². The van der Waals surface area contributed by atoms with Gasteiger partial charge in [0, 0.05) is 43.7 Å². The van der Waals surface area contributed by atoms with Gasteiger partial charge >= 0.3 is 0 Å². The van der Waals surface area contributed by atoms with Gasteiger partial charge < -0.3 is 19.6 Å². The Hall–Kier alpha value is -3.78. The van der Waals surface area contributed by atoms with Crippen molar-refractivity contribution in [3.8, 4) is 17.0 Å². The second-order valence-electron chi connectivity index (χ2n) is 9.49. The SMILES string of the molecule is Cc1ccc(-c2cnc3c(c2)C(=O)N([C@@H](C)CO)C[C@H](C)[C@H](CN(C)C(=O)c2cccnc2)O3)cc1. The molecule has 3 heterocycles. The summed E-state index contributed by atoms with van der Waals surface area (Å²) in [5.41, 5.74) is 3.72. The fraction of sp³-hybridized carbons (Fsp3) is 0.357. The van der Waals surface area contributed by atoms with Crippen molar-refractivity contribution in [2.24, 2.45) is 5.92 Å². The molecule has 4 rings (SSSR count). The molecule has 0 bridgehead atoms. The number of rotatable bonds is 6. The van der Waals surface area contributed by atoms with Crippen molar-refractivity contribution in [2.75, 3.05) is 26.7 Å². The lowest BCUT2D eigenvalue weighted by molar-refractivity contribution is 0.0313. The number of fused-ring (bicyclic) bond motifs is 1. The number of hydrogen-bond acceptors (Lipinski definition) is 6. The minimum Gasteiger partial charge on any atom is -0.472 e. The molecule has 36 heavy (non-hydrogen) atoms. The number of amides is 2. The van der Waals surface area contributed by atoms with E-state index >= 15 is 0 Å². The number of likely N-dealkylation sites (N-methyl/N-ethyl adjacent to an activating group) is 1. The Balaban J connectivity index is 1.68. The average Bonchev–Trinajstić information content (AvgIpc) is 2.90. The van der Waals surface area contributed by atoms with E-state index in [9.17, 15) is 14.7 Å². The molecule has 1 aliphatic rings. The minimum absolute atomic E-state index is 0.126. The van der Waals surface area contributed by atoms with Gasteiger partial charge in [-0.1, -0.05) is 36.8 Å². The highest BCUT2D eigenvalue weighted by molar-refractivity contribution is 5.98. The number of aryl methyl sites for hydroxylation is 1. The number of carbonyl (C=O) groups excluding carboxylic acids is 2. The topological polar surface area (TPSA) is 95.9 Å². The van der Waals surface area contributed by atoms with Crippen molar-refractivity contribution in [3.05, 3.63) is 77.7 Å². The third-order valence-corrected chi connectivity index (χ3v) is 6.61. The van der Waals surface area contributed by atoms with E-state index in [0.717, 1.165) is 16.7 Å². The van der Waals surface area contributed by atoms with E-state index in [-0.39, 0.29) is 36.3 Å². The van der Waals surface area contributed by atoms with E-state index in [0.29, 0.717) is 24.2 Å². The second-order valence-corrected chi connectivity index (χ2v) is 9.49. The summed E-state index contributed by atoms with van der Waals surface area (Å²) in [6.07, 6.45) is 4.44. The lowest BCUT2D eigenvalue weighted by Crippen LogP contribution is -2.50. The standard InChI is InChI=1S/C28H32N4O4/c1-18-7-9-21(10-8-18)23-12-24-26(30-14-23)36-25(19(2)15-32(28(24)35)20(3)17-33)16-31(4)27(34)22-6-5-11-29-13-22/h5-14,19-20,25,33H,15-17H2,1-4H3/t19-,20-,25-/m0/s1. The third-order valence-electron chi connectivity index (χ3n) is 6.61. The van der Waals surface area contributed by atoms with Crippen LogP contribution in [0.2, 0.25) is 0 Å². The maximum atomic E-state index is 13.6. The summed E-state index contributed by atoms with van der Waals surface area (Å²) < 4.78 is 6.32. The molecule has 2 aromatic heterocycles. The van der Waals surface area contributed by atoms with Crippen LogP contribution in [0.3, 0.4) is 0 Å². The number of aliphatic hydroxyl groups excluding tert-OH is 1. The van der Waals surface area contributed by atoms with E-state index in [1.54, 1.807) is 47.4 Å². The molecular formula is C28H32N4O4. The maximum absolute atomic E-state index is 13.6. The number of carbonyl (C=O) groups is 2. The Morgan fingerprint density at radius 2 is 1.97 bits per heavy atom. The first kappa shape index (κ1) is 25.3. The maximum Gasteiger partial charge on any atom is 0.259 e. The van der Waals surface area contributed by atoms with Crippen molar-refractivity contribution in [1.29, 1.82) is 0 Å². The molecule has 0 aliphatic carbocycles. The van der Waals surface area contributed by atoms with E-state index in [1.165, 1.54) is 6.20 Å². The third kappa shape index (κ3) is 5.39. The number of benzene rings is 1. The van der Waals surface area contributed by atoms with Crippen LogP contribution in [0.25, 0.3) is 11.1 Å². The van der Waals surface area contributed by atoms with Crippen LogP contribution >= 0.6 is 0 Å². The number of aliphatic hydroxyl groups is 1. The Bertz CT molecular complexity index is 1220. The molecule has 0 unspecified atom stereocenters. The predicted octanol–water partition coefficient (Wildman–Crippen LogP) is 3.44. The molecule has 1 N–H and O–H groups in total. The lowest BCUT2D eigenvalue weighted by Gasteiger charge is -2.37. The Labute approximate surface area is 211 Å². The van der Waals surface area contributed by atoms with Crippen molar-refractivity contribution in [3.63, 3.8) is 0 Å². The molecule has 1 aromatic carbocycles. The van der Waals surface area contributed by atoms with Gasteiger partial charge in [0.05, 0.1) is 24.8 Å². The lowest BCUT2D eigenvalue weighted by atomic mass is 9.99. The van der Waals surface area contributed by atoms with Gasteiger partial charge in [0.15, 0.2) is 0 Å². The number of aromatic nitrogens is 2. The molecule has 8 nitrogen and oxygen atoms in total. The normalized spacial score (nSPS) is 18.5. The zero-order valence-corrected chi connectivity index (χ0v) is 21.1. The van der Waals surface area contributed by atoms with Crippen LogP contribution in [-0.2, 0) is 0 Å². The molecule has 8 heteroatoms. The van der Waals surface area contributed by atoms with Crippen LogP contribution < -0.4 is 4.74 Å². The van der Waals surface area contributed by atoms with E-state index in [4.69, 9.17) is 4.74 Å². The largest absolute Gasteiger partial charge is 0.472 e. The number of hydrogen-bond donors (Lipinski definition) is 1. The fourth-order valence-corrected chi connectivity index (χ4v) is 4.29. The van der Waals surface area contributed by atoms with E-state index in [2.05, 4.69) is 9.97 Å². The van der Waals surface area contributed by atoms with Crippen LogP contribution in [0.4, 0.5) is 0 Å². The molecular weight excluding hydrogens is 456 g/mol. The van der Waals surface area contributed by atoms with Gasteiger partial charge in [-0.25, -0.2) is 4.98 Å². The van der Waals surface area contributed by atoms with Gasteiger partial charge in [-0.05, 0) is 37.6 Å². The first-order valence-corrected chi connectivity index (χ1v) is 12.1. The second kappa shape index (κ2) is 10.9. The quantitative estimate of drug-likeness (QED) is 0.571. The zero-order valence-electron chi connectivity index (χ0n) is 21.1. The molecule has 3 atom stereocenters. The first-order valence-electron chi connectivity index (χ1n) is 12.1. The molecule has 0 radical (unpaired) electrons. The number of ether oxygens (including phenoxy) is 1. The minimum atomic E-state index is -0.423. The highest BCUT2D eigenvalue weighted by Gasteiger charge is 2.35. The van der Waals surface area contributed by atoms with Crippen LogP contribution in [0.5, 0.6) is 5.88 Å². The molecule has 0 fully saturated rings. The van der Waals surface area contributed by atoms with Crippen LogP contribution in [0.15, 0.2) is 61.1 Å². The van der Waals surface area contributed by atoms with Gasteiger partial charge in [-0.3, -0.25) is 14.6 Å². The van der Waals surface area contributed by atoms with Crippen molar-refractivity contribution >= 4 is 11.8 Å². The van der Waals surface area contributed by atoms with Crippen molar-refractivity contribution < 1.29 is 19.4 Å². The summed E-state index contributed by atoms with van der Waals surface area (Å²) in [6.45, 7) is 6.31. The average molecular weight is 489 g/mol. The predicted molar refractivity (Wildman–Crippen MR) is 137 cm³/mol. The highest BCUT2D eigenvalue weighted by Crippen LogP contribution is 2.30. The fourth-order valence-electron chi connectivity index (χ4n) is 4.29. The smallest absolute Gasteiger partial charge is 0.259 e.